The van der Waals surface area contributed by atoms with Crippen molar-refractivity contribution in [1.29, 1.82) is 0 Å². The van der Waals surface area contributed by atoms with Gasteiger partial charge >= 0.3 is 0 Å². The van der Waals surface area contributed by atoms with Gasteiger partial charge in [0.1, 0.15) is 0 Å². The molecule has 2 N–H and O–H groups in total. The summed E-state index contributed by atoms with van der Waals surface area (Å²) in [5, 5.41) is 11.9. The molecule has 0 aliphatic heterocycles. The fourth-order valence-electron chi connectivity index (χ4n) is 1.73. The normalized spacial score (nSPS) is 10.5. The average molecular weight is 284 g/mol. The molecule has 2 aromatic rings. The van der Waals surface area contributed by atoms with Crippen molar-refractivity contribution in [2.75, 3.05) is 20.8 Å². The standard InChI is InChI=1S/C11H14ClN5O2/c1-18-9-6-7(5-8(12)10(9)19-2)11-14-15-16-17(11)4-3-13/h5-6H,3-4,13H2,1-2H3. The lowest BCUT2D eigenvalue weighted by Gasteiger charge is -2.11. The van der Waals surface area contributed by atoms with Gasteiger partial charge in [-0.1, -0.05) is 11.6 Å². The number of ether oxygens (including phenoxy) is 2. The summed E-state index contributed by atoms with van der Waals surface area (Å²) in [5.74, 6) is 1.58. The van der Waals surface area contributed by atoms with E-state index in [1.54, 1.807) is 23.9 Å². The second kappa shape index (κ2) is 5.85. The molecule has 8 heteroatoms. The summed E-state index contributed by atoms with van der Waals surface area (Å²) in [5.41, 5.74) is 6.25. The minimum Gasteiger partial charge on any atom is -0.493 e. The molecule has 1 aromatic heterocycles. The van der Waals surface area contributed by atoms with E-state index in [2.05, 4.69) is 15.5 Å². The Kier molecular flexibility index (Phi) is 4.18. The fraction of sp³-hybridized carbons (Fsp3) is 0.364. The summed E-state index contributed by atoms with van der Waals surface area (Å²) < 4.78 is 12.0. The Balaban J connectivity index is 2.50. The zero-order valence-electron chi connectivity index (χ0n) is 10.6. The van der Waals surface area contributed by atoms with Crippen LogP contribution in [0.25, 0.3) is 11.4 Å². The molecular weight excluding hydrogens is 270 g/mol. The molecule has 0 radical (unpaired) electrons. The van der Waals surface area contributed by atoms with Crippen LogP contribution in [0.3, 0.4) is 0 Å². The van der Waals surface area contributed by atoms with Crippen LogP contribution in [-0.2, 0) is 6.54 Å². The van der Waals surface area contributed by atoms with Crippen molar-refractivity contribution in [3.63, 3.8) is 0 Å². The summed E-state index contributed by atoms with van der Waals surface area (Å²) in [6, 6.07) is 3.49. The summed E-state index contributed by atoms with van der Waals surface area (Å²) in [6.45, 7) is 0.966. The smallest absolute Gasteiger partial charge is 0.182 e. The Morgan fingerprint density at radius 2 is 2.11 bits per heavy atom. The van der Waals surface area contributed by atoms with Gasteiger partial charge in [0, 0.05) is 12.1 Å². The van der Waals surface area contributed by atoms with Crippen LogP contribution in [0, 0.1) is 0 Å². The van der Waals surface area contributed by atoms with Crippen LogP contribution < -0.4 is 15.2 Å². The van der Waals surface area contributed by atoms with Gasteiger partial charge in [0.15, 0.2) is 17.3 Å². The molecular formula is C11H14ClN5O2. The van der Waals surface area contributed by atoms with Gasteiger partial charge in [0.05, 0.1) is 25.8 Å². The Morgan fingerprint density at radius 3 is 2.74 bits per heavy atom. The maximum atomic E-state index is 6.15. The number of aromatic nitrogens is 4. The van der Waals surface area contributed by atoms with E-state index in [1.165, 1.54) is 7.11 Å². The lowest BCUT2D eigenvalue weighted by Crippen LogP contribution is -2.12. The molecule has 0 saturated heterocycles. The highest BCUT2D eigenvalue weighted by molar-refractivity contribution is 6.32. The van der Waals surface area contributed by atoms with Crippen LogP contribution >= 0.6 is 11.6 Å². The molecule has 0 fully saturated rings. The molecule has 0 aliphatic rings. The second-order valence-corrected chi connectivity index (χ2v) is 4.12. The number of benzene rings is 1. The highest BCUT2D eigenvalue weighted by Gasteiger charge is 2.15. The molecule has 0 aliphatic carbocycles. The first-order valence-electron chi connectivity index (χ1n) is 5.59. The third kappa shape index (κ3) is 2.61. The second-order valence-electron chi connectivity index (χ2n) is 3.71. The van der Waals surface area contributed by atoms with E-state index in [9.17, 15) is 0 Å². The van der Waals surface area contributed by atoms with Crippen molar-refractivity contribution >= 4 is 11.6 Å². The molecule has 1 aromatic carbocycles. The first-order valence-corrected chi connectivity index (χ1v) is 5.97. The van der Waals surface area contributed by atoms with Crippen molar-refractivity contribution in [3.05, 3.63) is 17.2 Å². The Bertz CT molecular complexity index is 572. The third-order valence-corrected chi connectivity index (χ3v) is 2.85. The van der Waals surface area contributed by atoms with Crippen LogP contribution in [-0.4, -0.2) is 41.0 Å². The van der Waals surface area contributed by atoms with Crippen molar-refractivity contribution in [3.8, 4) is 22.9 Å². The molecule has 7 nitrogen and oxygen atoms in total. The summed E-state index contributed by atoms with van der Waals surface area (Å²) in [6.07, 6.45) is 0. The quantitative estimate of drug-likeness (QED) is 0.880. The number of nitrogens with zero attached hydrogens (tertiary/aromatic N) is 4. The minimum absolute atomic E-state index is 0.430. The average Bonchev–Trinajstić information content (AvgIpc) is 2.86. The maximum absolute atomic E-state index is 6.15. The number of methoxy groups -OCH3 is 2. The minimum atomic E-state index is 0.430. The van der Waals surface area contributed by atoms with Gasteiger partial charge in [0.25, 0.3) is 0 Å². The van der Waals surface area contributed by atoms with Gasteiger partial charge in [-0.3, -0.25) is 0 Å². The fourth-order valence-corrected chi connectivity index (χ4v) is 2.02. The van der Waals surface area contributed by atoms with Crippen LogP contribution in [0.5, 0.6) is 11.5 Å². The zero-order chi connectivity index (χ0) is 13.8. The highest BCUT2D eigenvalue weighted by Crippen LogP contribution is 2.38. The van der Waals surface area contributed by atoms with Crippen molar-refractivity contribution < 1.29 is 9.47 Å². The Hall–Kier alpha value is -1.86. The van der Waals surface area contributed by atoms with Gasteiger partial charge in [-0.15, -0.1) is 5.10 Å². The lowest BCUT2D eigenvalue weighted by molar-refractivity contribution is 0.355. The topological polar surface area (TPSA) is 88.1 Å². The van der Waals surface area contributed by atoms with E-state index in [4.69, 9.17) is 26.8 Å². The zero-order valence-corrected chi connectivity index (χ0v) is 11.4. The van der Waals surface area contributed by atoms with Crippen molar-refractivity contribution in [2.45, 2.75) is 6.54 Å². The van der Waals surface area contributed by atoms with Crippen LogP contribution in [0.15, 0.2) is 12.1 Å². The first-order chi connectivity index (χ1) is 9.21. The predicted octanol–water partition coefficient (Wildman–Crippen LogP) is 0.969. The van der Waals surface area contributed by atoms with E-state index in [0.29, 0.717) is 35.4 Å². The molecule has 0 bridgehead atoms. The molecule has 0 atom stereocenters. The monoisotopic (exact) mass is 283 g/mol. The van der Waals surface area contributed by atoms with E-state index in [0.717, 1.165) is 5.56 Å². The molecule has 102 valence electrons. The lowest BCUT2D eigenvalue weighted by atomic mass is 10.2. The van der Waals surface area contributed by atoms with E-state index >= 15 is 0 Å². The predicted molar refractivity (Wildman–Crippen MR) is 70.4 cm³/mol. The number of halogens is 1. The number of hydrogen-bond donors (Lipinski definition) is 1. The highest BCUT2D eigenvalue weighted by atomic mass is 35.5. The Morgan fingerprint density at radius 1 is 1.32 bits per heavy atom. The number of tetrazole rings is 1. The third-order valence-electron chi connectivity index (χ3n) is 2.56. The Labute approximate surface area is 115 Å². The summed E-state index contributed by atoms with van der Waals surface area (Å²) in [4.78, 5) is 0. The SMILES string of the molecule is COc1cc(-c2nnnn2CCN)cc(Cl)c1OC. The molecule has 0 amide bonds. The maximum Gasteiger partial charge on any atom is 0.182 e. The van der Waals surface area contributed by atoms with Gasteiger partial charge in [0.2, 0.25) is 0 Å². The molecule has 0 unspecified atom stereocenters. The molecule has 0 saturated carbocycles. The van der Waals surface area contributed by atoms with Gasteiger partial charge in [-0.25, -0.2) is 4.68 Å². The van der Waals surface area contributed by atoms with E-state index < -0.39 is 0 Å². The molecule has 19 heavy (non-hydrogen) atoms. The largest absolute Gasteiger partial charge is 0.493 e. The van der Waals surface area contributed by atoms with Gasteiger partial charge < -0.3 is 15.2 Å². The summed E-state index contributed by atoms with van der Waals surface area (Å²) in [7, 11) is 3.07. The van der Waals surface area contributed by atoms with E-state index in [1.807, 2.05) is 0 Å². The molecule has 2 rings (SSSR count). The number of hydrogen-bond acceptors (Lipinski definition) is 6. The van der Waals surface area contributed by atoms with Crippen LogP contribution in [0.1, 0.15) is 0 Å². The number of rotatable bonds is 5. The molecule has 0 spiro atoms. The van der Waals surface area contributed by atoms with E-state index in [-0.39, 0.29) is 0 Å². The summed E-state index contributed by atoms with van der Waals surface area (Å²) >= 11 is 6.15. The van der Waals surface area contributed by atoms with Crippen LogP contribution in [0.2, 0.25) is 5.02 Å². The molecule has 1 heterocycles. The van der Waals surface area contributed by atoms with Crippen molar-refractivity contribution in [1.82, 2.24) is 20.2 Å². The van der Waals surface area contributed by atoms with Gasteiger partial charge in [-0.05, 0) is 22.6 Å². The number of nitrogens with two attached hydrogens (primary N) is 1. The van der Waals surface area contributed by atoms with Gasteiger partial charge in [-0.2, -0.15) is 0 Å². The van der Waals surface area contributed by atoms with Crippen LogP contribution in [0.4, 0.5) is 0 Å². The van der Waals surface area contributed by atoms with Crippen molar-refractivity contribution in [2.24, 2.45) is 5.73 Å². The first kappa shape index (κ1) is 13.6.